The van der Waals surface area contributed by atoms with Crippen LogP contribution in [-0.2, 0) is 0 Å². The minimum Gasteiger partial charge on any atom is -0.497 e. The number of hydrazone groups is 1. The predicted molar refractivity (Wildman–Crippen MR) is 84.9 cm³/mol. The number of H-pyrrole nitrogens is 1. The molecule has 1 heterocycles. The predicted octanol–water partition coefficient (Wildman–Crippen LogP) is 3.41. The molecule has 3 aromatic rings. The lowest BCUT2D eigenvalue weighted by atomic mass is 10.1. The fourth-order valence-corrected chi connectivity index (χ4v) is 2.04. The molecule has 3 rings (SSSR count). The molecule has 0 fully saturated rings. The summed E-state index contributed by atoms with van der Waals surface area (Å²) in [4.78, 5) is 7.58. The highest BCUT2D eigenvalue weighted by Gasteiger charge is 2.01. The maximum absolute atomic E-state index is 5.14. The van der Waals surface area contributed by atoms with Gasteiger partial charge in [0.2, 0.25) is 5.95 Å². The monoisotopic (exact) mass is 280 g/mol. The summed E-state index contributed by atoms with van der Waals surface area (Å²) in [5.74, 6) is 1.46. The van der Waals surface area contributed by atoms with Gasteiger partial charge in [0.1, 0.15) is 5.75 Å². The Balaban J connectivity index is 1.77. The van der Waals surface area contributed by atoms with Gasteiger partial charge in [-0.05, 0) is 48.9 Å². The normalized spacial score (nSPS) is 11.6. The number of aromatic amines is 1. The maximum atomic E-state index is 5.14. The van der Waals surface area contributed by atoms with Crippen molar-refractivity contribution in [2.45, 2.75) is 6.92 Å². The molecule has 0 saturated carbocycles. The molecule has 0 bridgehead atoms. The van der Waals surface area contributed by atoms with Crippen molar-refractivity contribution in [3.63, 3.8) is 0 Å². The fourth-order valence-electron chi connectivity index (χ4n) is 2.04. The molecular formula is C16H16N4O. The Hall–Kier alpha value is -2.82. The van der Waals surface area contributed by atoms with Crippen LogP contribution in [0.15, 0.2) is 53.6 Å². The maximum Gasteiger partial charge on any atom is 0.222 e. The number of methoxy groups -OCH3 is 1. The largest absolute Gasteiger partial charge is 0.497 e. The summed E-state index contributed by atoms with van der Waals surface area (Å²) in [5, 5.41) is 4.35. The average molecular weight is 280 g/mol. The number of nitrogens with zero attached hydrogens (tertiary/aromatic N) is 2. The van der Waals surface area contributed by atoms with Gasteiger partial charge in [-0.1, -0.05) is 12.1 Å². The Morgan fingerprint density at radius 3 is 2.62 bits per heavy atom. The van der Waals surface area contributed by atoms with Gasteiger partial charge in [-0.25, -0.2) is 10.4 Å². The molecule has 0 unspecified atom stereocenters. The Bertz CT molecular complexity index is 741. The Labute approximate surface area is 122 Å². The number of hydrogen-bond donors (Lipinski definition) is 2. The van der Waals surface area contributed by atoms with E-state index in [9.17, 15) is 0 Å². The van der Waals surface area contributed by atoms with E-state index in [4.69, 9.17) is 4.74 Å². The van der Waals surface area contributed by atoms with Gasteiger partial charge in [-0.15, -0.1) is 0 Å². The summed E-state index contributed by atoms with van der Waals surface area (Å²) >= 11 is 0. The van der Waals surface area contributed by atoms with Crippen LogP contribution < -0.4 is 10.2 Å². The summed E-state index contributed by atoms with van der Waals surface area (Å²) in [5.41, 5.74) is 6.75. The third-order valence-electron chi connectivity index (χ3n) is 3.23. The topological polar surface area (TPSA) is 62.3 Å². The first-order valence-electron chi connectivity index (χ1n) is 6.66. The smallest absolute Gasteiger partial charge is 0.222 e. The van der Waals surface area contributed by atoms with E-state index < -0.39 is 0 Å². The second-order valence-corrected chi connectivity index (χ2v) is 4.64. The van der Waals surface area contributed by atoms with Gasteiger partial charge in [0, 0.05) is 0 Å². The lowest BCUT2D eigenvalue weighted by molar-refractivity contribution is 0.415. The molecule has 2 aromatic carbocycles. The summed E-state index contributed by atoms with van der Waals surface area (Å²) in [6, 6.07) is 15.6. The van der Waals surface area contributed by atoms with E-state index >= 15 is 0 Å². The van der Waals surface area contributed by atoms with Crippen molar-refractivity contribution in [3.8, 4) is 5.75 Å². The van der Waals surface area contributed by atoms with Crippen LogP contribution in [0.1, 0.15) is 12.5 Å². The standard InChI is InChI=1S/C16H16N4O/c1-11(12-7-9-13(21-2)10-8-12)19-20-16-17-14-5-3-4-6-15(14)18-16/h3-10H,1-2H3,(H2,17,18,20)/b19-11+. The van der Waals surface area contributed by atoms with Gasteiger partial charge in [0.25, 0.3) is 0 Å². The highest BCUT2D eigenvalue weighted by molar-refractivity contribution is 5.99. The molecule has 106 valence electrons. The van der Waals surface area contributed by atoms with E-state index in [1.165, 1.54) is 0 Å². The van der Waals surface area contributed by atoms with Crippen molar-refractivity contribution in [1.29, 1.82) is 0 Å². The van der Waals surface area contributed by atoms with Gasteiger partial charge < -0.3 is 9.72 Å². The molecule has 0 aliphatic rings. The van der Waals surface area contributed by atoms with Crippen LogP contribution in [0.2, 0.25) is 0 Å². The molecule has 2 N–H and O–H groups in total. The summed E-state index contributed by atoms with van der Waals surface area (Å²) in [6.07, 6.45) is 0. The van der Waals surface area contributed by atoms with Crippen LogP contribution in [-0.4, -0.2) is 22.8 Å². The van der Waals surface area contributed by atoms with Gasteiger partial charge in [0.15, 0.2) is 0 Å². The zero-order chi connectivity index (χ0) is 14.7. The average Bonchev–Trinajstić information content (AvgIpc) is 2.95. The van der Waals surface area contributed by atoms with Crippen molar-refractivity contribution in [2.24, 2.45) is 5.10 Å². The Morgan fingerprint density at radius 1 is 1.14 bits per heavy atom. The molecule has 5 heteroatoms. The number of aromatic nitrogens is 2. The summed E-state index contributed by atoms with van der Waals surface area (Å²) < 4.78 is 5.14. The molecule has 0 aliphatic carbocycles. The number of benzene rings is 2. The van der Waals surface area contributed by atoms with Crippen LogP contribution in [0.4, 0.5) is 5.95 Å². The van der Waals surface area contributed by atoms with E-state index in [1.807, 2.05) is 55.5 Å². The highest BCUT2D eigenvalue weighted by atomic mass is 16.5. The number of fused-ring (bicyclic) bond motifs is 1. The van der Waals surface area contributed by atoms with Crippen LogP contribution in [0, 0.1) is 0 Å². The minimum atomic E-state index is 0.629. The number of imidazole rings is 1. The number of ether oxygens (including phenoxy) is 1. The van der Waals surface area contributed by atoms with Gasteiger partial charge in [-0.2, -0.15) is 5.10 Å². The second kappa shape index (κ2) is 5.66. The SMILES string of the molecule is COc1ccc(/C(C)=N/Nc2nc3ccccc3[nH]2)cc1. The molecule has 1 aromatic heterocycles. The number of para-hydroxylation sites is 2. The Kier molecular flexibility index (Phi) is 3.55. The zero-order valence-corrected chi connectivity index (χ0v) is 11.9. The fraction of sp³-hybridized carbons (Fsp3) is 0.125. The van der Waals surface area contributed by atoms with E-state index in [0.29, 0.717) is 5.95 Å². The van der Waals surface area contributed by atoms with Crippen molar-refractivity contribution in [1.82, 2.24) is 9.97 Å². The first kappa shape index (κ1) is 13.2. The van der Waals surface area contributed by atoms with Gasteiger partial charge >= 0.3 is 0 Å². The minimum absolute atomic E-state index is 0.629. The first-order chi connectivity index (χ1) is 10.3. The number of hydrogen-bond acceptors (Lipinski definition) is 4. The van der Waals surface area contributed by atoms with E-state index in [0.717, 1.165) is 28.1 Å². The Morgan fingerprint density at radius 2 is 1.90 bits per heavy atom. The number of anilines is 1. The number of rotatable bonds is 4. The van der Waals surface area contributed by atoms with Crippen molar-refractivity contribution < 1.29 is 4.74 Å². The molecule has 0 aliphatic heterocycles. The lowest BCUT2D eigenvalue weighted by Gasteiger charge is -2.03. The first-order valence-corrected chi connectivity index (χ1v) is 6.66. The summed E-state index contributed by atoms with van der Waals surface area (Å²) in [6.45, 7) is 1.94. The number of nitrogens with one attached hydrogen (secondary N) is 2. The van der Waals surface area contributed by atoms with Crippen LogP contribution in [0.25, 0.3) is 11.0 Å². The third kappa shape index (κ3) is 2.86. The third-order valence-corrected chi connectivity index (χ3v) is 3.23. The molecule has 0 radical (unpaired) electrons. The van der Waals surface area contributed by atoms with Gasteiger partial charge in [0.05, 0.1) is 23.9 Å². The van der Waals surface area contributed by atoms with Crippen LogP contribution in [0.5, 0.6) is 5.75 Å². The quantitative estimate of drug-likeness (QED) is 0.568. The zero-order valence-electron chi connectivity index (χ0n) is 11.9. The molecule has 21 heavy (non-hydrogen) atoms. The van der Waals surface area contributed by atoms with E-state index in [-0.39, 0.29) is 0 Å². The molecule has 0 spiro atoms. The second-order valence-electron chi connectivity index (χ2n) is 4.64. The van der Waals surface area contributed by atoms with Crippen LogP contribution >= 0.6 is 0 Å². The molecule has 0 saturated heterocycles. The molecule has 0 amide bonds. The molecular weight excluding hydrogens is 264 g/mol. The van der Waals surface area contributed by atoms with Crippen LogP contribution in [0.3, 0.4) is 0 Å². The lowest BCUT2D eigenvalue weighted by Crippen LogP contribution is -2.00. The van der Waals surface area contributed by atoms with Crippen molar-refractivity contribution in [3.05, 3.63) is 54.1 Å². The summed E-state index contributed by atoms with van der Waals surface area (Å²) in [7, 11) is 1.65. The van der Waals surface area contributed by atoms with E-state index in [2.05, 4.69) is 20.5 Å². The van der Waals surface area contributed by atoms with E-state index in [1.54, 1.807) is 7.11 Å². The highest BCUT2D eigenvalue weighted by Crippen LogP contribution is 2.14. The molecule has 5 nitrogen and oxygen atoms in total. The van der Waals surface area contributed by atoms with Crippen molar-refractivity contribution >= 4 is 22.7 Å². The molecule has 0 atom stereocenters. The van der Waals surface area contributed by atoms with Crippen molar-refractivity contribution in [2.75, 3.05) is 12.5 Å². The van der Waals surface area contributed by atoms with Gasteiger partial charge in [-0.3, -0.25) is 0 Å².